The Kier molecular flexibility index (Phi) is 4.76. The molecule has 1 heterocycles. The van der Waals surface area contributed by atoms with E-state index < -0.39 is 9.84 Å². The zero-order valence-corrected chi connectivity index (χ0v) is 13.9. The van der Waals surface area contributed by atoms with Gasteiger partial charge in [-0.3, -0.25) is 4.99 Å². The molecule has 1 aliphatic heterocycles. The Hall–Kier alpha value is -1.04. The van der Waals surface area contributed by atoms with Gasteiger partial charge in [-0.15, -0.1) is 6.58 Å². The zero-order valence-electron chi connectivity index (χ0n) is 13.1. The molecule has 2 aliphatic carbocycles. The summed E-state index contributed by atoms with van der Waals surface area (Å²) >= 11 is 0. The van der Waals surface area contributed by atoms with Crippen molar-refractivity contribution in [1.29, 1.82) is 0 Å². The summed E-state index contributed by atoms with van der Waals surface area (Å²) in [6, 6.07) is 0.530. The topological polar surface area (TPSA) is 70.6 Å². The molecule has 5 nitrogen and oxygen atoms in total. The average molecular weight is 325 g/mol. The van der Waals surface area contributed by atoms with E-state index in [1.165, 1.54) is 25.7 Å². The molecule has 22 heavy (non-hydrogen) atoms. The second-order valence-corrected chi connectivity index (χ2v) is 9.28. The monoisotopic (exact) mass is 325 g/mol. The maximum absolute atomic E-state index is 11.5. The summed E-state index contributed by atoms with van der Waals surface area (Å²) < 4.78 is 23.1. The Labute approximate surface area is 133 Å². The minimum Gasteiger partial charge on any atom is -0.353 e. The second-order valence-electron chi connectivity index (χ2n) is 7.05. The van der Waals surface area contributed by atoms with Crippen LogP contribution in [0.3, 0.4) is 0 Å². The highest BCUT2D eigenvalue weighted by Crippen LogP contribution is 2.44. The van der Waals surface area contributed by atoms with Crippen LogP contribution in [-0.2, 0) is 9.84 Å². The Morgan fingerprint density at radius 3 is 2.73 bits per heavy atom. The van der Waals surface area contributed by atoms with Crippen LogP contribution in [0.1, 0.15) is 32.1 Å². The molecule has 4 atom stereocenters. The van der Waals surface area contributed by atoms with E-state index in [9.17, 15) is 8.42 Å². The lowest BCUT2D eigenvalue weighted by Crippen LogP contribution is -2.46. The molecule has 3 fully saturated rings. The lowest BCUT2D eigenvalue weighted by atomic mass is 9.95. The highest BCUT2D eigenvalue weighted by Gasteiger charge is 2.39. The first-order valence-electron chi connectivity index (χ1n) is 8.42. The SMILES string of the molecule is C=CCNC(=NCC1CCS(=O)(=O)C1)NC1CC2CCC1C2. The average Bonchev–Trinajstić information content (AvgIpc) is 3.17. The first-order valence-corrected chi connectivity index (χ1v) is 10.2. The van der Waals surface area contributed by atoms with E-state index in [1.807, 2.05) is 6.08 Å². The van der Waals surface area contributed by atoms with Crippen LogP contribution in [0, 0.1) is 17.8 Å². The molecule has 2 N–H and O–H groups in total. The quantitative estimate of drug-likeness (QED) is 0.454. The van der Waals surface area contributed by atoms with E-state index >= 15 is 0 Å². The van der Waals surface area contributed by atoms with E-state index in [0.717, 1.165) is 24.2 Å². The van der Waals surface area contributed by atoms with Gasteiger partial charge in [0.1, 0.15) is 0 Å². The molecule has 1 saturated heterocycles. The van der Waals surface area contributed by atoms with Crippen LogP contribution in [0.25, 0.3) is 0 Å². The molecule has 2 saturated carbocycles. The van der Waals surface area contributed by atoms with Crippen molar-refractivity contribution in [3.8, 4) is 0 Å². The maximum Gasteiger partial charge on any atom is 0.191 e. The highest BCUT2D eigenvalue weighted by molar-refractivity contribution is 7.91. The molecular formula is C16H27N3O2S. The van der Waals surface area contributed by atoms with Gasteiger partial charge in [-0.25, -0.2) is 8.42 Å². The number of rotatable bonds is 5. The highest BCUT2D eigenvalue weighted by atomic mass is 32.2. The summed E-state index contributed by atoms with van der Waals surface area (Å²) in [5, 5.41) is 6.84. The summed E-state index contributed by atoms with van der Waals surface area (Å²) in [4.78, 5) is 4.64. The van der Waals surface area contributed by atoms with E-state index in [0.29, 0.717) is 30.6 Å². The Bertz CT molecular complexity index is 544. The Morgan fingerprint density at radius 2 is 2.14 bits per heavy atom. The molecule has 0 spiro atoms. The molecule has 124 valence electrons. The summed E-state index contributed by atoms with van der Waals surface area (Å²) in [7, 11) is -2.82. The molecule has 0 aromatic rings. The lowest BCUT2D eigenvalue weighted by molar-refractivity contribution is 0.387. The lowest BCUT2D eigenvalue weighted by Gasteiger charge is -2.25. The normalized spacial score (nSPS) is 36.5. The van der Waals surface area contributed by atoms with Crippen LogP contribution in [0.4, 0.5) is 0 Å². The van der Waals surface area contributed by atoms with Crippen molar-refractivity contribution in [2.75, 3.05) is 24.6 Å². The molecule has 0 radical (unpaired) electrons. The van der Waals surface area contributed by atoms with Crippen molar-refractivity contribution in [2.45, 2.75) is 38.1 Å². The first-order chi connectivity index (χ1) is 10.6. The van der Waals surface area contributed by atoms with Crippen molar-refractivity contribution in [1.82, 2.24) is 10.6 Å². The van der Waals surface area contributed by atoms with E-state index in [-0.39, 0.29) is 5.92 Å². The van der Waals surface area contributed by atoms with E-state index in [2.05, 4.69) is 22.2 Å². The molecule has 6 heteroatoms. The number of nitrogens with one attached hydrogen (secondary N) is 2. The summed E-state index contributed by atoms with van der Waals surface area (Å²) in [5.74, 6) is 3.28. The maximum atomic E-state index is 11.5. The largest absolute Gasteiger partial charge is 0.353 e. The molecule has 0 aromatic heterocycles. The smallest absolute Gasteiger partial charge is 0.191 e. The van der Waals surface area contributed by atoms with Crippen LogP contribution in [-0.4, -0.2) is 45.0 Å². The minimum atomic E-state index is -2.82. The zero-order chi connectivity index (χ0) is 15.6. The second kappa shape index (κ2) is 6.60. The molecular weight excluding hydrogens is 298 g/mol. The van der Waals surface area contributed by atoms with Gasteiger partial charge in [-0.1, -0.05) is 12.5 Å². The third kappa shape index (κ3) is 3.83. The summed E-state index contributed by atoms with van der Waals surface area (Å²) in [5.41, 5.74) is 0. The first kappa shape index (κ1) is 15.8. The van der Waals surface area contributed by atoms with Gasteiger partial charge in [0, 0.05) is 19.1 Å². The number of sulfone groups is 1. The third-order valence-electron chi connectivity index (χ3n) is 5.31. The van der Waals surface area contributed by atoms with Gasteiger partial charge in [0.15, 0.2) is 15.8 Å². The number of hydrogen-bond donors (Lipinski definition) is 2. The van der Waals surface area contributed by atoms with Gasteiger partial charge >= 0.3 is 0 Å². The molecule has 0 aromatic carbocycles. The molecule has 3 aliphatic rings. The fourth-order valence-electron chi connectivity index (χ4n) is 4.15. The predicted octanol–water partition coefficient (Wildman–Crippen LogP) is 1.33. The van der Waals surface area contributed by atoms with Gasteiger partial charge in [0.2, 0.25) is 0 Å². The van der Waals surface area contributed by atoms with Crippen LogP contribution >= 0.6 is 0 Å². The van der Waals surface area contributed by atoms with Crippen molar-refractivity contribution in [2.24, 2.45) is 22.7 Å². The fourth-order valence-corrected chi connectivity index (χ4v) is 6.00. The number of aliphatic imine (C=N–C) groups is 1. The third-order valence-corrected chi connectivity index (χ3v) is 7.15. The van der Waals surface area contributed by atoms with Crippen molar-refractivity contribution >= 4 is 15.8 Å². The molecule has 2 bridgehead atoms. The van der Waals surface area contributed by atoms with Crippen molar-refractivity contribution < 1.29 is 8.42 Å². The Morgan fingerprint density at radius 1 is 1.27 bits per heavy atom. The van der Waals surface area contributed by atoms with Crippen LogP contribution in [0.2, 0.25) is 0 Å². The van der Waals surface area contributed by atoms with Gasteiger partial charge in [0.25, 0.3) is 0 Å². The summed E-state index contributed by atoms with van der Waals surface area (Å²) in [6.45, 7) is 5.00. The van der Waals surface area contributed by atoms with E-state index in [4.69, 9.17) is 0 Å². The Balaban J connectivity index is 1.56. The van der Waals surface area contributed by atoms with Gasteiger partial charge < -0.3 is 10.6 Å². The standard InChI is InChI=1S/C16H27N3O2S/c1-2-6-17-16(18-10-13-5-7-22(20,21)11-13)19-15-9-12-3-4-14(15)8-12/h2,12-15H,1,3-11H2,(H2,17,18,19). The van der Waals surface area contributed by atoms with E-state index in [1.54, 1.807) is 0 Å². The number of hydrogen-bond acceptors (Lipinski definition) is 3. The molecule has 0 amide bonds. The number of nitrogens with zero attached hydrogens (tertiary/aromatic N) is 1. The van der Waals surface area contributed by atoms with Crippen LogP contribution in [0.15, 0.2) is 17.6 Å². The fraction of sp³-hybridized carbons (Fsp3) is 0.812. The van der Waals surface area contributed by atoms with Crippen LogP contribution in [0.5, 0.6) is 0 Å². The van der Waals surface area contributed by atoms with Crippen molar-refractivity contribution in [3.05, 3.63) is 12.7 Å². The van der Waals surface area contributed by atoms with Gasteiger partial charge in [-0.2, -0.15) is 0 Å². The minimum absolute atomic E-state index is 0.173. The number of guanidine groups is 1. The number of fused-ring (bicyclic) bond motifs is 2. The molecule has 3 rings (SSSR count). The van der Waals surface area contributed by atoms with Gasteiger partial charge in [-0.05, 0) is 43.4 Å². The van der Waals surface area contributed by atoms with Crippen molar-refractivity contribution in [3.63, 3.8) is 0 Å². The van der Waals surface area contributed by atoms with Crippen LogP contribution < -0.4 is 10.6 Å². The molecule has 4 unspecified atom stereocenters. The van der Waals surface area contributed by atoms with Gasteiger partial charge in [0.05, 0.1) is 11.5 Å². The summed E-state index contributed by atoms with van der Waals surface area (Å²) in [6.07, 6.45) is 7.88. The predicted molar refractivity (Wildman–Crippen MR) is 89.6 cm³/mol.